The second kappa shape index (κ2) is 11.1. The van der Waals surface area contributed by atoms with Crippen molar-refractivity contribution in [1.82, 2.24) is 25.4 Å². The van der Waals surface area contributed by atoms with E-state index in [4.69, 9.17) is 4.99 Å². The monoisotopic (exact) mass is 410 g/mol. The standard InChI is InChI=1S/C24H38N6/c1-4-24(5-2,20-13-9-7-10-14-20)19-27-23(25-6-3)26-17-16-22-29-28-21-15-11-8-12-18-30(21)22/h7,9-10,13-14H,4-6,8,11-12,15-19H2,1-3H3,(H2,25,26,27). The fraction of sp³-hybridized carbons (Fsp3) is 0.625. The number of aromatic nitrogens is 3. The minimum Gasteiger partial charge on any atom is -0.357 e. The molecular weight excluding hydrogens is 372 g/mol. The van der Waals surface area contributed by atoms with Gasteiger partial charge in [0.2, 0.25) is 0 Å². The summed E-state index contributed by atoms with van der Waals surface area (Å²) in [6, 6.07) is 10.8. The average molecular weight is 411 g/mol. The lowest BCUT2D eigenvalue weighted by Crippen LogP contribution is -2.40. The number of nitrogens with one attached hydrogen (secondary N) is 2. The van der Waals surface area contributed by atoms with Crippen LogP contribution in [0.3, 0.4) is 0 Å². The minimum atomic E-state index is 0.0773. The van der Waals surface area contributed by atoms with Gasteiger partial charge in [-0.2, -0.15) is 0 Å². The Bertz CT molecular complexity index is 791. The molecule has 0 saturated heterocycles. The molecule has 0 amide bonds. The van der Waals surface area contributed by atoms with Gasteiger partial charge in [0.05, 0.1) is 6.54 Å². The topological polar surface area (TPSA) is 67.1 Å². The zero-order chi connectivity index (χ0) is 21.2. The quantitative estimate of drug-likeness (QED) is 0.487. The maximum Gasteiger partial charge on any atom is 0.191 e. The Morgan fingerprint density at radius 3 is 2.57 bits per heavy atom. The molecule has 6 heteroatoms. The van der Waals surface area contributed by atoms with Gasteiger partial charge in [-0.3, -0.25) is 4.99 Å². The van der Waals surface area contributed by atoms with Gasteiger partial charge in [-0.25, -0.2) is 0 Å². The summed E-state index contributed by atoms with van der Waals surface area (Å²) in [7, 11) is 0. The van der Waals surface area contributed by atoms with Crippen LogP contribution >= 0.6 is 0 Å². The van der Waals surface area contributed by atoms with Crippen molar-refractivity contribution in [2.24, 2.45) is 4.99 Å². The SMILES string of the molecule is CCNC(=NCC(CC)(CC)c1ccccc1)NCCc1nnc2n1CCCCC2. The molecule has 0 aliphatic carbocycles. The number of fused-ring (bicyclic) bond motifs is 1. The van der Waals surface area contributed by atoms with Crippen LogP contribution in [0.5, 0.6) is 0 Å². The van der Waals surface area contributed by atoms with E-state index in [0.29, 0.717) is 0 Å². The maximum atomic E-state index is 4.98. The van der Waals surface area contributed by atoms with Crippen molar-refractivity contribution in [2.75, 3.05) is 19.6 Å². The highest BCUT2D eigenvalue weighted by Crippen LogP contribution is 2.31. The van der Waals surface area contributed by atoms with Gasteiger partial charge in [0.25, 0.3) is 0 Å². The van der Waals surface area contributed by atoms with E-state index >= 15 is 0 Å². The lowest BCUT2D eigenvalue weighted by atomic mass is 9.76. The molecule has 6 nitrogen and oxygen atoms in total. The van der Waals surface area contributed by atoms with E-state index in [2.05, 4.69) is 76.5 Å². The molecule has 164 valence electrons. The van der Waals surface area contributed by atoms with Gasteiger partial charge >= 0.3 is 0 Å². The molecule has 0 saturated carbocycles. The molecule has 30 heavy (non-hydrogen) atoms. The van der Waals surface area contributed by atoms with Crippen LogP contribution in [0, 0.1) is 0 Å². The Balaban J connectivity index is 1.64. The number of hydrogen-bond donors (Lipinski definition) is 2. The predicted octanol–water partition coefficient (Wildman–Crippen LogP) is 3.86. The summed E-state index contributed by atoms with van der Waals surface area (Å²) >= 11 is 0. The number of aliphatic imine (C=N–C) groups is 1. The molecule has 0 bridgehead atoms. The van der Waals surface area contributed by atoms with Gasteiger partial charge in [-0.15, -0.1) is 10.2 Å². The van der Waals surface area contributed by atoms with Crippen LogP contribution in [0.25, 0.3) is 0 Å². The number of rotatable bonds is 9. The molecule has 1 aliphatic heterocycles. The molecular formula is C24H38N6. The van der Waals surface area contributed by atoms with Crippen molar-refractivity contribution in [2.45, 2.75) is 77.7 Å². The van der Waals surface area contributed by atoms with E-state index < -0.39 is 0 Å². The summed E-state index contributed by atoms with van der Waals surface area (Å²) in [6.07, 6.45) is 7.81. The molecule has 0 spiro atoms. The number of nitrogens with zero attached hydrogens (tertiary/aromatic N) is 4. The second-order valence-electron chi connectivity index (χ2n) is 8.22. The van der Waals surface area contributed by atoms with E-state index in [9.17, 15) is 0 Å². The predicted molar refractivity (Wildman–Crippen MR) is 124 cm³/mol. The molecule has 2 aromatic rings. The number of hydrogen-bond acceptors (Lipinski definition) is 3. The first-order valence-corrected chi connectivity index (χ1v) is 11.7. The van der Waals surface area contributed by atoms with Crippen molar-refractivity contribution in [3.8, 4) is 0 Å². The van der Waals surface area contributed by atoms with Crippen molar-refractivity contribution >= 4 is 5.96 Å². The lowest BCUT2D eigenvalue weighted by molar-refractivity contribution is 0.407. The van der Waals surface area contributed by atoms with Gasteiger partial charge < -0.3 is 15.2 Å². The largest absolute Gasteiger partial charge is 0.357 e. The van der Waals surface area contributed by atoms with Gasteiger partial charge in [0.15, 0.2) is 5.96 Å². The average Bonchev–Trinajstić information content (AvgIpc) is 3.01. The number of benzene rings is 1. The Hall–Kier alpha value is -2.37. The summed E-state index contributed by atoms with van der Waals surface area (Å²) in [6.45, 7) is 10.1. The summed E-state index contributed by atoms with van der Waals surface area (Å²) in [5, 5.41) is 15.8. The smallest absolute Gasteiger partial charge is 0.191 e. The third-order valence-electron chi connectivity index (χ3n) is 6.45. The first-order chi connectivity index (χ1) is 14.7. The van der Waals surface area contributed by atoms with Crippen LogP contribution in [0.2, 0.25) is 0 Å². The maximum absolute atomic E-state index is 4.98. The molecule has 0 radical (unpaired) electrons. The second-order valence-corrected chi connectivity index (χ2v) is 8.22. The van der Waals surface area contributed by atoms with Crippen molar-refractivity contribution in [3.05, 3.63) is 47.5 Å². The van der Waals surface area contributed by atoms with E-state index in [-0.39, 0.29) is 5.41 Å². The normalized spacial score (nSPS) is 14.8. The zero-order valence-corrected chi connectivity index (χ0v) is 19.0. The van der Waals surface area contributed by atoms with E-state index in [0.717, 1.165) is 69.5 Å². The Morgan fingerprint density at radius 1 is 1.03 bits per heavy atom. The van der Waals surface area contributed by atoms with E-state index in [1.54, 1.807) is 0 Å². The summed E-state index contributed by atoms with van der Waals surface area (Å²) < 4.78 is 2.33. The number of aryl methyl sites for hydroxylation is 1. The van der Waals surface area contributed by atoms with Crippen LogP contribution in [0.4, 0.5) is 0 Å². The molecule has 1 aliphatic rings. The fourth-order valence-corrected chi connectivity index (χ4v) is 4.36. The summed E-state index contributed by atoms with van der Waals surface area (Å²) in [4.78, 5) is 4.98. The van der Waals surface area contributed by atoms with Crippen molar-refractivity contribution in [1.29, 1.82) is 0 Å². The summed E-state index contributed by atoms with van der Waals surface area (Å²) in [5.74, 6) is 3.13. The highest BCUT2D eigenvalue weighted by molar-refractivity contribution is 5.79. The van der Waals surface area contributed by atoms with Gasteiger partial charge in [-0.05, 0) is 38.2 Å². The van der Waals surface area contributed by atoms with Crippen LogP contribution in [0.15, 0.2) is 35.3 Å². The molecule has 0 fully saturated rings. The van der Waals surface area contributed by atoms with Gasteiger partial charge in [0.1, 0.15) is 11.6 Å². The fourth-order valence-electron chi connectivity index (χ4n) is 4.36. The minimum absolute atomic E-state index is 0.0773. The Kier molecular flexibility index (Phi) is 8.29. The van der Waals surface area contributed by atoms with Crippen molar-refractivity contribution in [3.63, 3.8) is 0 Å². The van der Waals surface area contributed by atoms with Gasteiger partial charge in [0, 0.05) is 37.9 Å². The van der Waals surface area contributed by atoms with Crippen LogP contribution in [-0.2, 0) is 24.8 Å². The molecule has 1 aromatic carbocycles. The highest BCUT2D eigenvalue weighted by Gasteiger charge is 2.28. The molecule has 2 heterocycles. The molecule has 3 rings (SSSR count). The Labute approximate surface area is 181 Å². The summed E-state index contributed by atoms with van der Waals surface area (Å²) in [5.41, 5.74) is 1.45. The third-order valence-corrected chi connectivity index (χ3v) is 6.45. The van der Waals surface area contributed by atoms with Crippen LogP contribution < -0.4 is 10.6 Å². The first kappa shape index (κ1) is 22.3. The zero-order valence-electron chi connectivity index (χ0n) is 19.0. The van der Waals surface area contributed by atoms with E-state index in [1.807, 2.05) is 0 Å². The van der Waals surface area contributed by atoms with E-state index in [1.165, 1.54) is 24.8 Å². The van der Waals surface area contributed by atoms with Gasteiger partial charge in [-0.1, -0.05) is 50.6 Å². The highest BCUT2D eigenvalue weighted by atomic mass is 15.3. The lowest BCUT2D eigenvalue weighted by Gasteiger charge is -2.31. The Morgan fingerprint density at radius 2 is 1.83 bits per heavy atom. The molecule has 0 unspecified atom stereocenters. The van der Waals surface area contributed by atoms with Crippen molar-refractivity contribution < 1.29 is 0 Å². The number of guanidine groups is 1. The third kappa shape index (κ3) is 5.41. The molecule has 1 aromatic heterocycles. The molecule has 2 N–H and O–H groups in total. The van der Waals surface area contributed by atoms with Crippen LogP contribution in [-0.4, -0.2) is 40.4 Å². The first-order valence-electron chi connectivity index (χ1n) is 11.7. The van der Waals surface area contributed by atoms with Crippen LogP contribution in [0.1, 0.15) is 70.1 Å². The molecule has 0 atom stereocenters.